The number of halogens is 3. The second-order valence-corrected chi connectivity index (χ2v) is 7.08. The fourth-order valence-electron chi connectivity index (χ4n) is 2.02. The van der Waals surface area contributed by atoms with Crippen LogP contribution in [0.5, 0.6) is 0 Å². The quantitative estimate of drug-likeness (QED) is 0.687. The average molecular weight is 416 g/mol. The van der Waals surface area contributed by atoms with E-state index in [0.29, 0.717) is 29.0 Å². The second kappa shape index (κ2) is 9.10. The highest BCUT2D eigenvalue weighted by Gasteiger charge is 2.09. The molecule has 0 fully saturated rings. The maximum atomic E-state index is 12.3. The van der Waals surface area contributed by atoms with Crippen LogP contribution in [0.1, 0.15) is 5.56 Å². The number of nitrogens with zero attached hydrogens (tertiary/aromatic N) is 2. The molecule has 128 valence electrons. The van der Waals surface area contributed by atoms with E-state index in [2.05, 4.69) is 26.2 Å². The van der Waals surface area contributed by atoms with Crippen LogP contribution in [0.3, 0.4) is 0 Å². The van der Waals surface area contributed by atoms with Gasteiger partial charge in [0.1, 0.15) is 5.82 Å². The lowest BCUT2D eigenvalue weighted by Crippen LogP contribution is -2.30. The zero-order valence-corrected chi connectivity index (χ0v) is 15.3. The van der Waals surface area contributed by atoms with Crippen LogP contribution in [0, 0.1) is 0 Å². The molecule has 0 bridgehead atoms. The molecule has 0 aliphatic carbocycles. The lowest BCUT2D eigenvalue weighted by Gasteiger charge is -2.16. The van der Waals surface area contributed by atoms with Crippen LogP contribution in [-0.4, -0.2) is 35.1 Å². The van der Waals surface area contributed by atoms with Gasteiger partial charge in [0, 0.05) is 22.1 Å². The van der Waals surface area contributed by atoms with Gasteiger partial charge < -0.3 is 5.32 Å². The maximum Gasteiger partial charge on any atom is 0.288 e. The van der Waals surface area contributed by atoms with Gasteiger partial charge in [-0.25, -0.2) is 4.98 Å². The third kappa shape index (κ3) is 6.54. The summed E-state index contributed by atoms with van der Waals surface area (Å²) in [6.45, 7) is 0.742. The summed E-state index contributed by atoms with van der Waals surface area (Å²) < 4.78 is 25.4. The predicted octanol–water partition coefficient (Wildman–Crippen LogP) is 4.23. The van der Waals surface area contributed by atoms with Crippen molar-refractivity contribution in [3.8, 4) is 0 Å². The van der Waals surface area contributed by atoms with Crippen molar-refractivity contribution in [1.29, 1.82) is 0 Å². The maximum absolute atomic E-state index is 12.3. The number of likely N-dealkylation sites (N-methyl/N-ethyl adjacent to an activating group) is 1. The molecule has 1 N–H and O–H groups in total. The summed E-state index contributed by atoms with van der Waals surface area (Å²) in [7, 11) is 1.82. The van der Waals surface area contributed by atoms with Gasteiger partial charge in [-0.1, -0.05) is 23.9 Å². The molecule has 24 heavy (non-hydrogen) atoms. The number of benzene rings is 1. The molecule has 0 aliphatic rings. The number of amides is 1. The van der Waals surface area contributed by atoms with E-state index in [0.717, 1.165) is 10.0 Å². The van der Waals surface area contributed by atoms with Gasteiger partial charge in [0.05, 0.1) is 6.54 Å². The number of rotatable bonds is 7. The van der Waals surface area contributed by atoms with E-state index in [1.807, 2.05) is 11.9 Å². The van der Waals surface area contributed by atoms with E-state index < -0.39 is 5.76 Å². The van der Waals surface area contributed by atoms with Gasteiger partial charge in [-0.15, -0.1) is 0 Å². The van der Waals surface area contributed by atoms with Gasteiger partial charge in [0.25, 0.3) is 5.76 Å². The first-order valence-electron chi connectivity index (χ1n) is 7.06. The van der Waals surface area contributed by atoms with Crippen molar-refractivity contribution < 1.29 is 13.6 Å². The molecule has 2 aromatic rings. The SMILES string of the molecule is CN(CC(=O)Nc1ccc(Br)cn1)Cc1ccc(SC(F)F)cc1. The molecule has 1 heterocycles. The van der Waals surface area contributed by atoms with Gasteiger partial charge >= 0.3 is 0 Å². The summed E-state index contributed by atoms with van der Waals surface area (Å²) in [5.41, 5.74) is 0.950. The predicted molar refractivity (Wildman–Crippen MR) is 95.2 cm³/mol. The van der Waals surface area contributed by atoms with E-state index in [1.54, 1.807) is 42.6 Å². The molecular weight excluding hydrogens is 400 g/mol. The van der Waals surface area contributed by atoms with E-state index in [4.69, 9.17) is 0 Å². The van der Waals surface area contributed by atoms with Gasteiger partial charge in [-0.05, 0) is 52.8 Å². The number of aromatic nitrogens is 1. The smallest absolute Gasteiger partial charge is 0.288 e. The number of anilines is 1. The van der Waals surface area contributed by atoms with Gasteiger partial charge in [-0.2, -0.15) is 8.78 Å². The lowest BCUT2D eigenvalue weighted by atomic mass is 10.2. The number of alkyl halides is 2. The number of carbonyl (C=O) groups excluding carboxylic acids is 1. The van der Waals surface area contributed by atoms with Crippen LogP contribution in [0.25, 0.3) is 0 Å². The van der Waals surface area contributed by atoms with Crippen LogP contribution in [0.15, 0.2) is 52.0 Å². The Morgan fingerprint density at radius 1 is 1.29 bits per heavy atom. The van der Waals surface area contributed by atoms with E-state index >= 15 is 0 Å². The third-order valence-corrected chi connectivity index (χ3v) is 4.20. The van der Waals surface area contributed by atoms with Crippen LogP contribution < -0.4 is 5.32 Å². The summed E-state index contributed by atoms with van der Waals surface area (Å²) in [5.74, 6) is -2.10. The molecule has 0 atom stereocenters. The molecule has 1 aromatic heterocycles. The lowest BCUT2D eigenvalue weighted by molar-refractivity contribution is -0.117. The molecule has 0 saturated heterocycles. The average Bonchev–Trinajstić information content (AvgIpc) is 2.51. The molecular formula is C16H16BrF2N3OS. The summed E-state index contributed by atoms with van der Waals surface area (Å²) in [5, 5.41) is 2.72. The molecule has 0 unspecified atom stereocenters. The van der Waals surface area contributed by atoms with Gasteiger partial charge in [-0.3, -0.25) is 9.69 Å². The van der Waals surface area contributed by atoms with Crippen molar-refractivity contribution in [1.82, 2.24) is 9.88 Å². The minimum Gasteiger partial charge on any atom is -0.310 e. The third-order valence-electron chi connectivity index (χ3n) is 3.01. The number of thioether (sulfide) groups is 1. The summed E-state index contributed by atoms with van der Waals surface area (Å²) in [4.78, 5) is 18.4. The number of carbonyl (C=O) groups is 1. The minimum absolute atomic E-state index is 0.169. The van der Waals surface area contributed by atoms with Gasteiger partial charge in [0.15, 0.2) is 0 Å². The Morgan fingerprint density at radius 2 is 2.00 bits per heavy atom. The van der Waals surface area contributed by atoms with Crippen molar-refractivity contribution in [2.75, 3.05) is 18.9 Å². The van der Waals surface area contributed by atoms with Crippen molar-refractivity contribution in [2.45, 2.75) is 17.2 Å². The monoisotopic (exact) mass is 415 g/mol. The van der Waals surface area contributed by atoms with Crippen molar-refractivity contribution in [3.63, 3.8) is 0 Å². The standard InChI is InChI=1S/C16H16BrF2N3OS/c1-22(9-11-2-5-13(6-3-11)24-16(18)19)10-15(23)21-14-7-4-12(17)8-20-14/h2-8,16H,9-10H2,1H3,(H,20,21,23). The number of pyridine rings is 1. The first kappa shape index (κ1) is 18.8. The number of nitrogens with one attached hydrogen (secondary N) is 1. The Labute approximate surface area is 151 Å². The zero-order chi connectivity index (χ0) is 17.5. The molecule has 2 rings (SSSR count). The van der Waals surface area contributed by atoms with Crippen LogP contribution in [-0.2, 0) is 11.3 Å². The van der Waals surface area contributed by atoms with E-state index in [9.17, 15) is 13.6 Å². The zero-order valence-electron chi connectivity index (χ0n) is 12.9. The topological polar surface area (TPSA) is 45.2 Å². The molecule has 4 nitrogen and oxygen atoms in total. The first-order chi connectivity index (χ1) is 11.4. The Hall–Kier alpha value is -1.51. The highest BCUT2D eigenvalue weighted by Crippen LogP contribution is 2.25. The Balaban J connectivity index is 1.82. The molecule has 0 radical (unpaired) electrons. The van der Waals surface area contributed by atoms with Crippen molar-refractivity contribution in [3.05, 3.63) is 52.6 Å². The van der Waals surface area contributed by atoms with E-state index in [1.165, 1.54) is 0 Å². The molecule has 1 aromatic carbocycles. The minimum atomic E-state index is -2.42. The van der Waals surface area contributed by atoms with Crippen LogP contribution in [0.2, 0.25) is 0 Å². The fraction of sp³-hybridized carbons (Fsp3) is 0.250. The molecule has 1 amide bonds. The van der Waals surface area contributed by atoms with Crippen LogP contribution in [0.4, 0.5) is 14.6 Å². The largest absolute Gasteiger partial charge is 0.310 e. The molecule has 0 saturated carbocycles. The van der Waals surface area contributed by atoms with Crippen LogP contribution >= 0.6 is 27.7 Å². The number of hydrogen-bond acceptors (Lipinski definition) is 4. The molecule has 0 spiro atoms. The number of hydrogen-bond donors (Lipinski definition) is 1. The van der Waals surface area contributed by atoms with Crippen molar-refractivity contribution in [2.24, 2.45) is 0 Å². The van der Waals surface area contributed by atoms with Crippen molar-refractivity contribution >= 4 is 39.4 Å². The molecule has 0 aliphatic heterocycles. The Kier molecular flexibility index (Phi) is 7.14. The first-order valence-corrected chi connectivity index (χ1v) is 8.73. The van der Waals surface area contributed by atoms with E-state index in [-0.39, 0.29) is 12.5 Å². The molecule has 8 heteroatoms. The second-order valence-electron chi connectivity index (χ2n) is 5.10. The summed E-state index contributed by atoms with van der Waals surface area (Å²) in [6.07, 6.45) is 1.61. The Bertz CT molecular complexity index is 668. The fourth-order valence-corrected chi connectivity index (χ4v) is 2.75. The normalized spacial score (nSPS) is 11.1. The summed E-state index contributed by atoms with van der Waals surface area (Å²) >= 11 is 3.80. The Morgan fingerprint density at radius 3 is 2.58 bits per heavy atom. The highest BCUT2D eigenvalue weighted by atomic mass is 79.9. The van der Waals surface area contributed by atoms with Gasteiger partial charge in [0.2, 0.25) is 5.91 Å². The summed E-state index contributed by atoms with van der Waals surface area (Å²) in [6, 6.07) is 10.4. The highest BCUT2D eigenvalue weighted by molar-refractivity contribution is 9.10.